The van der Waals surface area contributed by atoms with Gasteiger partial charge in [-0.2, -0.15) is 0 Å². The Morgan fingerprint density at radius 2 is 1.78 bits per heavy atom. The molecule has 0 spiro atoms. The largest absolute Gasteiger partial charge is 0.467 e. The van der Waals surface area contributed by atoms with Gasteiger partial charge in [0.15, 0.2) is 5.17 Å². The minimum Gasteiger partial charge on any atom is -0.467 e. The number of rotatable bonds is 8. The van der Waals surface area contributed by atoms with Crippen LogP contribution in [-0.2, 0) is 40.3 Å². The first-order valence-corrected chi connectivity index (χ1v) is 16.5. The Morgan fingerprint density at radius 3 is 2.59 bits per heavy atom. The van der Waals surface area contributed by atoms with Gasteiger partial charge in [-0.15, -0.1) is 0 Å². The van der Waals surface area contributed by atoms with Crippen molar-refractivity contribution in [3.8, 4) is 0 Å². The lowest BCUT2D eigenvalue weighted by molar-refractivity contribution is -0.126. The predicted octanol–water partition coefficient (Wildman–Crippen LogP) is 7.01. The number of nitrogens with one attached hydrogen (secondary N) is 1. The lowest BCUT2D eigenvalue weighted by atomic mass is 10.1. The van der Waals surface area contributed by atoms with Crippen molar-refractivity contribution in [3.63, 3.8) is 0 Å². The molecule has 1 N–H and O–H groups in total. The van der Waals surface area contributed by atoms with Crippen molar-refractivity contribution < 1.29 is 23.5 Å². The first kappa shape index (κ1) is 29.9. The summed E-state index contributed by atoms with van der Waals surface area (Å²) < 4.78 is 11.0. The summed E-state index contributed by atoms with van der Waals surface area (Å²) in [6.45, 7) is 0.914. The Kier molecular flexibility index (Phi) is 8.61. The van der Waals surface area contributed by atoms with Crippen molar-refractivity contribution in [3.05, 3.63) is 119 Å². The first-order chi connectivity index (χ1) is 22.5. The van der Waals surface area contributed by atoms with Gasteiger partial charge >= 0.3 is 6.09 Å². The van der Waals surface area contributed by atoms with Gasteiger partial charge in [-0.25, -0.2) is 9.79 Å². The molecule has 2 fully saturated rings. The number of carbonyl (C=O) groups is 3. The van der Waals surface area contributed by atoms with E-state index in [1.54, 1.807) is 23.3 Å². The maximum absolute atomic E-state index is 13.8. The van der Waals surface area contributed by atoms with Crippen molar-refractivity contribution in [2.45, 2.75) is 56.5 Å². The van der Waals surface area contributed by atoms with Crippen LogP contribution in [0.4, 0.5) is 16.2 Å². The number of anilines is 1. The quantitative estimate of drug-likeness (QED) is 0.224. The molecular weight excluding hydrogens is 600 g/mol. The number of likely N-dealkylation sites (tertiary alicyclic amines) is 1. The number of thioether (sulfide) groups is 1. The molecule has 2 atom stereocenters. The lowest BCUT2D eigenvalue weighted by Gasteiger charge is -2.23. The summed E-state index contributed by atoms with van der Waals surface area (Å²) in [7, 11) is 0. The standard InChI is InChI=1S/C36H34N4O5S/c41-33(31-12-5-19-39(31)36(43)45-23-24-7-2-1-3-8-24)37-28-16-14-26(15-17-28)32-34(42)40(22-30-11-6-20-44-30)35(46-32)38-29-18-13-25-9-4-10-27(25)21-29/h1-3,6-8,11,13-18,20-21,31-32H,4-5,9-10,12,19,22-23H2,(H,37,41)/t31-,32?/m1/s1. The van der Waals surface area contributed by atoms with E-state index in [-0.39, 0.29) is 18.4 Å². The number of hydrogen-bond donors (Lipinski definition) is 1. The number of furan rings is 1. The third kappa shape index (κ3) is 6.44. The van der Waals surface area contributed by atoms with Crippen LogP contribution in [0.15, 0.2) is 101 Å². The van der Waals surface area contributed by atoms with E-state index in [2.05, 4.69) is 17.4 Å². The van der Waals surface area contributed by atoms with E-state index in [9.17, 15) is 14.4 Å². The molecule has 1 aromatic heterocycles. The van der Waals surface area contributed by atoms with Gasteiger partial charge in [0.25, 0.3) is 0 Å². The maximum atomic E-state index is 13.8. The molecule has 3 amide bonds. The first-order valence-electron chi connectivity index (χ1n) is 15.6. The number of carbonyl (C=O) groups excluding carboxylic acids is 3. The third-order valence-corrected chi connectivity index (χ3v) is 9.85. The zero-order chi connectivity index (χ0) is 31.5. The fourth-order valence-corrected chi connectivity index (χ4v) is 7.39. The maximum Gasteiger partial charge on any atom is 0.410 e. The Balaban J connectivity index is 1.03. The van der Waals surface area contributed by atoms with E-state index in [0.717, 1.165) is 42.5 Å². The number of fused-ring (bicyclic) bond motifs is 1. The van der Waals surface area contributed by atoms with Gasteiger partial charge < -0.3 is 14.5 Å². The number of aryl methyl sites for hydroxylation is 2. The minimum absolute atomic E-state index is 0.0753. The molecule has 2 saturated heterocycles. The number of hydrogen-bond acceptors (Lipinski definition) is 7. The highest BCUT2D eigenvalue weighted by molar-refractivity contribution is 8.15. The molecule has 10 heteroatoms. The SMILES string of the molecule is O=C(Nc1ccc(C2SC(=Nc3ccc4c(c3)CCC4)N(Cc3ccco3)C2=O)cc1)[C@H]1CCCN1C(=O)OCc1ccccc1. The predicted molar refractivity (Wildman–Crippen MR) is 177 cm³/mol. The van der Waals surface area contributed by atoms with Crippen LogP contribution in [0.5, 0.6) is 0 Å². The number of nitrogens with zero attached hydrogens (tertiary/aromatic N) is 3. The summed E-state index contributed by atoms with van der Waals surface area (Å²) in [5, 5.41) is 3.08. The van der Waals surface area contributed by atoms with E-state index in [1.165, 1.54) is 27.8 Å². The Labute approximate surface area is 271 Å². The smallest absolute Gasteiger partial charge is 0.410 e. The summed E-state index contributed by atoms with van der Waals surface area (Å²) in [5.74, 6) is 0.342. The van der Waals surface area contributed by atoms with E-state index in [1.807, 2.05) is 60.7 Å². The van der Waals surface area contributed by atoms with E-state index < -0.39 is 17.4 Å². The number of amides is 3. The van der Waals surface area contributed by atoms with Gasteiger partial charge in [0.1, 0.15) is 23.7 Å². The third-order valence-electron chi connectivity index (χ3n) is 8.62. The van der Waals surface area contributed by atoms with Gasteiger partial charge in [-0.1, -0.05) is 60.3 Å². The second-order valence-corrected chi connectivity index (χ2v) is 12.8. The number of ether oxygens (including phenoxy) is 1. The van der Waals surface area contributed by atoms with Crippen LogP contribution in [-0.4, -0.2) is 45.5 Å². The number of amidine groups is 1. The van der Waals surface area contributed by atoms with E-state index in [0.29, 0.717) is 36.1 Å². The molecule has 4 aromatic rings. The molecule has 3 aromatic carbocycles. The molecule has 3 aliphatic rings. The average Bonchev–Trinajstić information content (AvgIpc) is 3.90. The van der Waals surface area contributed by atoms with Crippen molar-refractivity contribution in [2.75, 3.05) is 11.9 Å². The second-order valence-electron chi connectivity index (χ2n) is 11.7. The molecule has 0 bridgehead atoms. The fraction of sp³-hybridized carbons (Fsp3) is 0.278. The van der Waals surface area contributed by atoms with Crippen LogP contribution in [0.25, 0.3) is 0 Å². The molecule has 46 heavy (non-hydrogen) atoms. The Bertz CT molecular complexity index is 1760. The number of aliphatic imine (C=N–C) groups is 1. The molecular formula is C36H34N4O5S. The lowest BCUT2D eigenvalue weighted by Crippen LogP contribution is -2.43. The van der Waals surface area contributed by atoms with Crippen LogP contribution >= 0.6 is 11.8 Å². The van der Waals surface area contributed by atoms with Crippen LogP contribution in [0.3, 0.4) is 0 Å². The van der Waals surface area contributed by atoms with Gasteiger partial charge in [-0.3, -0.25) is 19.4 Å². The van der Waals surface area contributed by atoms with Crippen molar-refractivity contribution in [1.82, 2.24) is 9.80 Å². The van der Waals surface area contributed by atoms with Gasteiger partial charge in [0.2, 0.25) is 11.8 Å². The van der Waals surface area contributed by atoms with Crippen LogP contribution < -0.4 is 5.32 Å². The molecule has 0 radical (unpaired) electrons. The molecule has 9 nitrogen and oxygen atoms in total. The normalized spacial score (nSPS) is 19.9. The molecule has 0 saturated carbocycles. The molecule has 1 unspecified atom stereocenters. The number of benzene rings is 3. The molecule has 234 valence electrons. The van der Waals surface area contributed by atoms with Crippen LogP contribution in [0, 0.1) is 0 Å². The molecule has 3 heterocycles. The van der Waals surface area contributed by atoms with E-state index >= 15 is 0 Å². The second kappa shape index (κ2) is 13.3. The molecule has 7 rings (SSSR count). The zero-order valence-electron chi connectivity index (χ0n) is 25.3. The summed E-state index contributed by atoms with van der Waals surface area (Å²) in [6, 6.07) is 26.1. The van der Waals surface area contributed by atoms with Crippen molar-refractivity contribution in [1.29, 1.82) is 0 Å². The van der Waals surface area contributed by atoms with Crippen LogP contribution in [0.2, 0.25) is 0 Å². The monoisotopic (exact) mass is 634 g/mol. The zero-order valence-corrected chi connectivity index (χ0v) is 26.1. The summed E-state index contributed by atoms with van der Waals surface area (Å²) in [4.78, 5) is 47.9. The van der Waals surface area contributed by atoms with Crippen molar-refractivity contribution in [2.24, 2.45) is 4.99 Å². The minimum atomic E-state index is -0.608. The van der Waals surface area contributed by atoms with Gasteiger partial charge in [-0.05, 0) is 90.8 Å². The highest BCUT2D eigenvalue weighted by atomic mass is 32.2. The topological polar surface area (TPSA) is 104 Å². The van der Waals surface area contributed by atoms with Gasteiger partial charge in [0, 0.05) is 12.2 Å². The van der Waals surface area contributed by atoms with Crippen LogP contribution in [0.1, 0.15) is 52.5 Å². The molecule has 2 aliphatic heterocycles. The highest BCUT2D eigenvalue weighted by Gasteiger charge is 2.40. The van der Waals surface area contributed by atoms with E-state index in [4.69, 9.17) is 14.1 Å². The molecule has 1 aliphatic carbocycles. The average molecular weight is 635 g/mol. The Morgan fingerprint density at radius 1 is 0.957 bits per heavy atom. The summed E-state index contributed by atoms with van der Waals surface area (Å²) in [5.41, 5.74) is 5.83. The van der Waals surface area contributed by atoms with Gasteiger partial charge in [0.05, 0.1) is 18.5 Å². The summed E-state index contributed by atoms with van der Waals surface area (Å²) in [6.07, 6.45) is 5.71. The Hall–Kier alpha value is -4.83. The van der Waals surface area contributed by atoms with Crippen molar-refractivity contribution >= 4 is 46.2 Å². The fourth-order valence-electron chi connectivity index (χ4n) is 6.22. The highest BCUT2D eigenvalue weighted by Crippen LogP contribution is 2.42. The summed E-state index contributed by atoms with van der Waals surface area (Å²) >= 11 is 1.42.